The van der Waals surface area contributed by atoms with Crippen molar-refractivity contribution in [1.29, 1.82) is 0 Å². The maximum absolute atomic E-state index is 12.3. The number of aliphatic hydroxyl groups excluding tert-OH is 2. The van der Waals surface area contributed by atoms with Gasteiger partial charge in [0.25, 0.3) is 0 Å². The number of aliphatic hydroxyl groups is 2. The summed E-state index contributed by atoms with van der Waals surface area (Å²) in [6.45, 7) is 2.44. The Morgan fingerprint density at radius 1 is 0.902 bits per heavy atom. The van der Waals surface area contributed by atoms with Crippen LogP contribution in [0.4, 0.5) is 4.79 Å². The van der Waals surface area contributed by atoms with E-state index in [4.69, 9.17) is 4.74 Å². The van der Waals surface area contributed by atoms with Gasteiger partial charge in [-0.1, -0.05) is 37.3 Å². The van der Waals surface area contributed by atoms with Crippen molar-refractivity contribution < 1.29 is 29.3 Å². The van der Waals surface area contributed by atoms with Gasteiger partial charge in [-0.3, -0.25) is 19.8 Å². The Hall–Kier alpha value is -2.49. The van der Waals surface area contributed by atoms with Crippen LogP contribution in [0.15, 0.2) is 36.5 Å². The maximum atomic E-state index is 12.3. The van der Waals surface area contributed by atoms with Gasteiger partial charge in [-0.05, 0) is 91.3 Å². The van der Waals surface area contributed by atoms with Gasteiger partial charge in [0.05, 0.1) is 0 Å². The van der Waals surface area contributed by atoms with Gasteiger partial charge in [0, 0.05) is 25.6 Å². The molecule has 0 radical (unpaired) electrons. The van der Waals surface area contributed by atoms with Crippen LogP contribution in [0.2, 0.25) is 0 Å². The van der Waals surface area contributed by atoms with Crippen molar-refractivity contribution in [2.45, 2.75) is 70.0 Å². The van der Waals surface area contributed by atoms with E-state index in [9.17, 15) is 24.6 Å². The van der Waals surface area contributed by atoms with E-state index in [1.165, 1.54) is 43.1 Å². The molecule has 4 amide bonds. The van der Waals surface area contributed by atoms with Crippen LogP contribution in [0.3, 0.4) is 0 Å². The molecule has 0 unspecified atom stereocenters. The summed E-state index contributed by atoms with van der Waals surface area (Å²) < 4.78 is 5.67. The number of amides is 4. The number of carbonyl (C=O) groups excluding carboxylic acids is 3. The molecule has 7 aliphatic rings. The largest absolute Gasteiger partial charge is 0.387 e. The summed E-state index contributed by atoms with van der Waals surface area (Å²) in [4.78, 5) is 36.9. The number of hydrogen-bond donors (Lipinski definition) is 4. The third-order valence-corrected chi connectivity index (χ3v) is 10.9. The molecule has 7 fully saturated rings. The number of hydrogen-bond acceptors (Lipinski definition) is 6. The first-order chi connectivity index (χ1) is 19.8. The van der Waals surface area contributed by atoms with E-state index in [-0.39, 0.29) is 25.4 Å². The second kappa shape index (κ2) is 10.7. The van der Waals surface area contributed by atoms with E-state index in [0.29, 0.717) is 5.92 Å². The number of nitrogens with zero attached hydrogens (tertiary/aromatic N) is 1. The number of ether oxygens (including phenoxy) is 1. The van der Waals surface area contributed by atoms with Crippen LogP contribution >= 0.6 is 0 Å². The van der Waals surface area contributed by atoms with Crippen LogP contribution in [-0.4, -0.2) is 70.6 Å². The van der Waals surface area contributed by atoms with E-state index in [0.717, 1.165) is 53.3 Å². The molecule has 222 valence electrons. The monoisotopic (exact) mass is 565 g/mol. The second-order valence-electron chi connectivity index (χ2n) is 13.8. The Labute approximate surface area is 241 Å². The Bertz CT molecular complexity index is 1170. The van der Waals surface area contributed by atoms with Gasteiger partial charge >= 0.3 is 6.03 Å². The summed E-state index contributed by atoms with van der Waals surface area (Å²) in [6, 6.07) is -0.665. The van der Waals surface area contributed by atoms with Crippen molar-refractivity contribution in [2.24, 2.45) is 59.2 Å². The smallest absolute Gasteiger partial charge is 0.326 e. The molecule has 9 nitrogen and oxygen atoms in total. The molecule has 4 N–H and O–H groups in total. The fourth-order valence-corrected chi connectivity index (χ4v) is 7.83. The highest BCUT2D eigenvalue weighted by molar-refractivity contribution is 5.96. The van der Waals surface area contributed by atoms with Gasteiger partial charge in [0.1, 0.15) is 18.3 Å². The molecule has 2 heterocycles. The average molecular weight is 566 g/mol. The number of nitrogens with one attached hydrogen (secondary N) is 2. The zero-order valence-electron chi connectivity index (χ0n) is 23.7. The van der Waals surface area contributed by atoms with Crippen molar-refractivity contribution >= 4 is 17.8 Å². The first kappa shape index (κ1) is 27.3. The number of imide groups is 1. The Balaban J connectivity index is 0.787. The highest BCUT2D eigenvalue weighted by atomic mass is 16.6. The Morgan fingerprint density at radius 2 is 1.54 bits per heavy atom. The minimum absolute atomic E-state index is 0.0104. The predicted octanol–water partition coefficient (Wildman–Crippen LogP) is 2.36. The minimum Gasteiger partial charge on any atom is -0.387 e. The molecule has 0 aromatic carbocycles. The SMILES string of the molecule is C[C@@H]1C[C@H]1/C=C\[C@H]1C[C@@H]1[C@@H]1C[C@H]1[C@H]1C[C@H]1[C@@H]1C[C@@H]1/C=C/C=C/C(=O)NC[C@@H]1O[C@@H](N2CCC(=O)NC2=O)[C@H](O)[C@H]1O. The second-order valence-corrected chi connectivity index (χ2v) is 13.8. The molecule has 0 aromatic rings. The number of rotatable bonds is 11. The molecule has 7 rings (SSSR count). The lowest BCUT2D eigenvalue weighted by Gasteiger charge is -2.32. The normalized spacial score (nSPS) is 48.2. The average Bonchev–Trinajstić information content (AvgIpc) is 3.72. The summed E-state index contributed by atoms with van der Waals surface area (Å²) in [7, 11) is 0. The van der Waals surface area contributed by atoms with E-state index in [2.05, 4.69) is 35.8 Å². The molecule has 2 aliphatic heterocycles. The lowest BCUT2D eigenvalue weighted by molar-refractivity contribution is -0.125. The summed E-state index contributed by atoms with van der Waals surface area (Å²) in [5, 5.41) is 25.6. The van der Waals surface area contributed by atoms with E-state index in [1.807, 2.05) is 6.08 Å². The molecule has 41 heavy (non-hydrogen) atoms. The van der Waals surface area contributed by atoms with Crippen LogP contribution in [0.1, 0.15) is 45.4 Å². The topological polar surface area (TPSA) is 128 Å². The maximum Gasteiger partial charge on any atom is 0.326 e. The molecule has 5 saturated carbocycles. The Kier molecular flexibility index (Phi) is 7.11. The summed E-state index contributed by atoms with van der Waals surface area (Å²) in [5.74, 6) is 8.29. The molecular weight excluding hydrogens is 522 g/mol. The van der Waals surface area contributed by atoms with Crippen LogP contribution in [0, 0.1) is 59.2 Å². The van der Waals surface area contributed by atoms with Gasteiger partial charge in [-0.2, -0.15) is 0 Å². The molecule has 0 spiro atoms. The first-order valence-corrected chi connectivity index (χ1v) is 15.7. The zero-order valence-corrected chi connectivity index (χ0v) is 23.7. The standard InChI is InChI=1S/C32H43N3O6/c1-16-10-17(16)6-7-19-12-21(19)23-14-25(23)24-13-22(24)20-11-18(20)4-2-3-5-27(36)33-15-26-29(38)30(39)31(41-26)35-9-8-28(37)34-32(35)40/h2-7,16-26,29-31,38-39H,8-15H2,1H3,(H,33,36)(H,34,37,40)/b4-2+,5-3+,7-6-/t16-,17-,18+,19+,20-,21+,22+,23+,24+,25-,26+,29+,30-,31-/m1/s1. The molecule has 9 heteroatoms. The van der Waals surface area contributed by atoms with Gasteiger partial charge in [0.15, 0.2) is 6.23 Å². The summed E-state index contributed by atoms with van der Waals surface area (Å²) >= 11 is 0. The van der Waals surface area contributed by atoms with Crippen molar-refractivity contribution in [3.63, 3.8) is 0 Å². The van der Waals surface area contributed by atoms with Gasteiger partial charge in [-0.15, -0.1) is 0 Å². The van der Waals surface area contributed by atoms with Crippen LogP contribution < -0.4 is 10.6 Å². The van der Waals surface area contributed by atoms with Crippen LogP contribution in [-0.2, 0) is 14.3 Å². The van der Waals surface area contributed by atoms with Crippen molar-refractivity contribution in [1.82, 2.24) is 15.5 Å². The van der Waals surface area contributed by atoms with Crippen molar-refractivity contribution in [3.05, 3.63) is 36.5 Å². The first-order valence-electron chi connectivity index (χ1n) is 15.7. The molecule has 5 aliphatic carbocycles. The zero-order chi connectivity index (χ0) is 28.4. The fourth-order valence-electron chi connectivity index (χ4n) is 7.83. The van der Waals surface area contributed by atoms with Gasteiger partial charge in [-0.25, -0.2) is 4.79 Å². The summed E-state index contributed by atoms with van der Waals surface area (Å²) in [6.07, 6.45) is 15.0. The van der Waals surface area contributed by atoms with Crippen molar-refractivity contribution in [2.75, 3.05) is 13.1 Å². The highest BCUT2D eigenvalue weighted by Crippen LogP contribution is 2.70. The molecule has 2 saturated heterocycles. The van der Waals surface area contributed by atoms with Crippen LogP contribution in [0.25, 0.3) is 0 Å². The van der Waals surface area contributed by atoms with Gasteiger partial charge < -0.3 is 20.3 Å². The lowest BCUT2D eigenvalue weighted by atomic mass is 10.1. The van der Waals surface area contributed by atoms with Gasteiger partial charge in [0.2, 0.25) is 11.8 Å². The van der Waals surface area contributed by atoms with Crippen molar-refractivity contribution in [3.8, 4) is 0 Å². The third kappa shape index (κ3) is 5.90. The molecule has 0 bridgehead atoms. The summed E-state index contributed by atoms with van der Waals surface area (Å²) in [5.41, 5.74) is 0. The van der Waals surface area contributed by atoms with E-state index in [1.54, 1.807) is 6.08 Å². The highest BCUT2D eigenvalue weighted by Gasteiger charge is 2.63. The Morgan fingerprint density at radius 3 is 2.20 bits per heavy atom. The molecule has 0 aromatic heterocycles. The molecule has 14 atom stereocenters. The lowest BCUT2D eigenvalue weighted by Crippen LogP contribution is -2.56. The minimum atomic E-state index is -1.33. The molecular formula is C32H43N3O6. The van der Waals surface area contributed by atoms with E-state index < -0.39 is 36.5 Å². The fraction of sp³-hybridized carbons (Fsp3) is 0.719. The quantitative estimate of drug-likeness (QED) is 0.173. The number of urea groups is 1. The van der Waals surface area contributed by atoms with Crippen LogP contribution in [0.5, 0.6) is 0 Å². The third-order valence-electron chi connectivity index (χ3n) is 10.9. The number of allylic oxidation sites excluding steroid dienone is 5. The predicted molar refractivity (Wildman–Crippen MR) is 150 cm³/mol. The number of carbonyl (C=O) groups is 3. The van der Waals surface area contributed by atoms with E-state index >= 15 is 0 Å².